The number of hydrogen-bond donors (Lipinski definition) is 0. The Hall–Kier alpha value is -2.34. The van der Waals surface area contributed by atoms with Crippen LogP contribution in [0.1, 0.15) is 20.3 Å². The molecule has 25 heavy (non-hydrogen) atoms. The van der Waals surface area contributed by atoms with Crippen LogP contribution in [0.4, 0.5) is 5.82 Å². The van der Waals surface area contributed by atoms with Crippen molar-refractivity contribution in [3.05, 3.63) is 41.7 Å². The molecular formula is C18H21ClN4O2. The zero-order valence-corrected chi connectivity index (χ0v) is 15.1. The molecule has 0 unspecified atom stereocenters. The Kier molecular flexibility index (Phi) is 5.38. The number of carbonyl (C=O) groups excluding carboxylic acids is 1. The minimum absolute atomic E-state index is 0.147. The molecule has 2 aromatic rings. The van der Waals surface area contributed by atoms with Crippen LogP contribution in [0.3, 0.4) is 0 Å². The highest BCUT2D eigenvalue weighted by Crippen LogP contribution is 2.25. The highest BCUT2D eigenvalue weighted by molar-refractivity contribution is 6.30. The van der Waals surface area contributed by atoms with Crippen LogP contribution in [0.25, 0.3) is 0 Å². The van der Waals surface area contributed by atoms with E-state index in [2.05, 4.69) is 21.8 Å². The van der Waals surface area contributed by atoms with E-state index >= 15 is 0 Å². The highest BCUT2D eigenvalue weighted by Gasteiger charge is 2.27. The molecule has 0 saturated carbocycles. The van der Waals surface area contributed by atoms with Crippen molar-refractivity contribution >= 4 is 23.3 Å². The molecule has 1 amide bonds. The van der Waals surface area contributed by atoms with Crippen molar-refractivity contribution in [2.24, 2.45) is 0 Å². The molecule has 0 aliphatic carbocycles. The van der Waals surface area contributed by atoms with E-state index < -0.39 is 0 Å². The van der Waals surface area contributed by atoms with Gasteiger partial charge in [0.05, 0.1) is 0 Å². The minimum Gasteiger partial charge on any atom is -0.439 e. The molecule has 1 fully saturated rings. The summed E-state index contributed by atoms with van der Waals surface area (Å²) in [6.45, 7) is 6.13. The number of halogens is 1. The summed E-state index contributed by atoms with van der Waals surface area (Å²) in [7, 11) is 0. The van der Waals surface area contributed by atoms with E-state index in [1.807, 2.05) is 30.0 Å². The molecule has 1 atom stereocenters. The highest BCUT2D eigenvalue weighted by atomic mass is 35.5. The van der Waals surface area contributed by atoms with Gasteiger partial charge in [-0.25, -0.2) is 9.97 Å². The lowest BCUT2D eigenvalue weighted by Gasteiger charge is -2.40. The first-order chi connectivity index (χ1) is 12.1. The molecule has 1 aliphatic rings. The van der Waals surface area contributed by atoms with Gasteiger partial charge in [-0.05, 0) is 25.1 Å². The number of aromatic nitrogens is 2. The Morgan fingerprint density at radius 2 is 2.16 bits per heavy atom. The molecule has 7 heteroatoms. The standard InChI is InChI=1S/C18H21ClN4O2/c1-3-18(24)23-8-7-22(11-13(23)2)16-10-17(21-12-20-16)25-15-6-4-5-14(19)9-15/h4-6,9-10,12-13H,3,7-8,11H2,1-2H3/t13-/m1/s1. The van der Waals surface area contributed by atoms with Crippen molar-refractivity contribution in [1.82, 2.24) is 14.9 Å². The number of amides is 1. The van der Waals surface area contributed by atoms with E-state index in [4.69, 9.17) is 16.3 Å². The normalized spacial score (nSPS) is 17.5. The summed E-state index contributed by atoms with van der Waals surface area (Å²) in [4.78, 5) is 24.6. The Balaban J connectivity index is 1.71. The molecule has 0 spiro atoms. The van der Waals surface area contributed by atoms with Crippen LogP contribution in [0.15, 0.2) is 36.7 Å². The van der Waals surface area contributed by atoms with E-state index in [0.717, 1.165) is 18.9 Å². The summed E-state index contributed by atoms with van der Waals surface area (Å²) in [5.41, 5.74) is 0. The van der Waals surface area contributed by atoms with Crippen LogP contribution in [-0.4, -0.2) is 46.5 Å². The predicted octanol–water partition coefficient (Wildman–Crippen LogP) is 3.37. The van der Waals surface area contributed by atoms with Crippen molar-refractivity contribution in [2.75, 3.05) is 24.5 Å². The first-order valence-electron chi connectivity index (χ1n) is 8.36. The van der Waals surface area contributed by atoms with Crippen molar-refractivity contribution in [2.45, 2.75) is 26.3 Å². The third kappa shape index (κ3) is 4.20. The molecule has 1 aliphatic heterocycles. The maximum Gasteiger partial charge on any atom is 0.224 e. The molecule has 1 aromatic heterocycles. The van der Waals surface area contributed by atoms with Crippen molar-refractivity contribution in [1.29, 1.82) is 0 Å². The van der Waals surface area contributed by atoms with E-state index in [0.29, 0.717) is 29.6 Å². The summed E-state index contributed by atoms with van der Waals surface area (Å²) in [5, 5.41) is 0.609. The van der Waals surface area contributed by atoms with Crippen LogP contribution < -0.4 is 9.64 Å². The topological polar surface area (TPSA) is 58.6 Å². The molecular weight excluding hydrogens is 340 g/mol. The monoisotopic (exact) mass is 360 g/mol. The second-order valence-corrected chi connectivity index (χ2v) is 6.45. The first-order valence-corrected chi connectivity index (χ1v) is 8.74. The third-order valence-electron chi connectivity index (χ3n) is 4.22. The number of benzene rings is 1. The maximum absolute atomic E-state index is 12.0. The zero-order valence-electron chi connectivity index (χ0n) is 14.4. The lowest BCUT2D eigenvalue weighted by Crippen LogP contribution is -2.54. The van der Waals surface area contributed by atoms with Crippen molar-refractivity contribution < 1.29 is 9.53 Å². The van der Waals surface area contributed by atoms with Gasteiger partial charge < -0.3 is 14.5 Å². The first kappa shape index (κ1) is 17.5. The van der Waals surface area contributed by atoms with Crippen LogP contribution in [-0.2, 0) is 4.79 Å². The zero-order chi connectivity index (χ0) is 17.8. The number of anilines is 1. The molecule has 0 bridgehead atoms. The maximum atomic E-state index is 12.0. The fourth-order valence-electron chi connectivity index (χ4n) is 2.95. The largest absolute Gasteiger partial charge is 0.439 e. The minimum atomic E-state index is 0.147. The molecule has 0 N–H and O–H groups in total. The van der Waals surface area contributed by atoms with Gasteiger partial charge in [0.1, 0.15) is 17.9 Å². The lowest BCUT2D eigenvalue weighted by atomic mass is 10.1. The molecule has 1 aromatic carbocycles. The SMILES string of the molecule is CCC(=O)N1CCN(c2cc(Oc3cccc(Cl)c3)ncn2)C[C@H]1C. The fourth-order valence-corrected chi connectivity index (χ4v) is 3.13. The van der Waals surface area contributed by atoms with E-state index in [1.54, 1.807) is 12.1 Å². The number of ether oxygens (including phenoxy) is 1. The van der Waals surface area contributed by atoms with Crippen molar-refractivity contribution in [3.63, 3.8) is 0 Å². The van der Waals surface area contributed by atoms with Crippen LogP contribution >= 0.6 is 11.6 Å². The molecule has 0 radical (unpaired) electrons. The molecule has 132 valence electrons. The third-order valence-corrected chi connectivity index (χ3v) is 4.46. The van der Waals surface area contributed by atoms with E-state index in [9.17, 15) is 4.79 Å². The average molecular weight is 361 g/mol. The summed E-state index contributed by atoms with van der Waals surface area (Å²) >= 11 is 5.98. The number of carbonyl (C=O) groups is 1. The van der Waals surface area contributed by atoms with Gasteiger partial charge >= 0.3 is 0 Å². The molecule has 1 saturated heterocycles. The van der Waals surface area contributed by atoms with E-state index in [-0.39, 0.29) is 11.9 Å². The molecule has 2 heterocycles. The van der Waals surface area contributed by atoms with Gasteiger partial charge in [0.25, 0.3) is 0 Å². The quantitative estimate of drug-likeness (QED) is 0.836. The van der Waals surface area contributed by atoms with Crippen LogP contribution in [0.5, 0.6) is 11.6 Å². The van der Waals surface area contributed by atoms with Crippen molar-refractivity contribution in [3.8, 4) is 11.6 Å². The van der Waals surface area contributed by atoms with Gasteiger partial charge in [-0.2, -0.15) is 0 Å². The Labute approximate surface area is 152 Å². The number of rotatable bonds is 4. The summed E-state index contributed by atoms with van der Waals surface area (Å²) in [6, 6.07) is 9.13. The fraction of sp³-hybridized carbons (Fsp3) is 0.389. The Morgan fingerprint density at radius 1 is 1.32 bits per heavy atom. The van der Waals surface area contributed by atoms with Gasteiger partial charge in [0.15, 0.2) is 0 Å². The number of nitrogens with zero attached hydrogens (tertiary/aromatic N) is 4. The van der Waals surface area contributed by atoms with E-state index in [1.165, 1.54) is 6.33 Å². The van der Waals surface area contributed by atoms with Gasteiger partial charge in [-0.15, -0.1) is 0 Å². The second kappa shape index (κ2) is 7.70. The number of hydrogen-bond acceptors (Lipinski definition) is 5. The second-order valence-electron chi connectivity index (χ2n) is 6.01. The molecule has 3 rings (SSSR count). The summed E-state index contributed by atoms with van der Waals surface area (Å²) in [6.07, 6.45) is 2.03. The van der Waals surface area contributed by atoms with Crippen LogP contribution in [0, 0.1) is 0 Å². The van der Waals surface area contributed by atoms with Gasteiger partial charge in [0.2, 0.25) is 11.8 Å². The predicted molar refractivity (Wildman–Crippen MR) is 97.2 cm³/mol. The summed E-state index contributed by atoms with van der Waals surface area (Å²) < 4.78 is 5.77. The molecule has 6 nitrogen and oxygen atoms in total. The Bertz CT molecular complexity index is 755. The lowest BCUT2D eigenvalue weighted by molar-refractivity contribution is -0.133. The smallest absolute Gasteiger partial charge is 0.224 e. The van der Waals surface area contributed by atoms with Gasteiger partial charge in [0, 0.05) is 43.2 Å². The van der Waals surface area contributed by atoms with Gasteiger partial charge in [-0.3, -0.25) is 4.79 Å². The van der Waals surface area contributed by atoms with Crippen LogP contribution in [0.2, 0.25) is 5.02 Å². The number of piperazine rings is 1. The van der Waals surface area contributed by atoms with Gasteiger partial charge in [-0.1, -0.05) is 24.6 Å². The average Bonchev–Trinajstić information content (AvgIpc) is 2.61. The summed E-state index contributed by atoms with van der Waals surface area (Å²) in [5.74, 6) is 2.08. The Morgan fingerprint density at radius 3 is 2.88 bits per heavy atom.